The van der Waals surface area contributed by atoms with Gasteiger partial charge in [0.05, 0.1) is 17.9 Å². The third kappa shape index (κ3) is 5.40. The second-order valence-electron chi connectivity index (χ2n) is 5.86. The van der Waals surface area contributed by atoms with E-state index in [0.717, 1.165) is 17.1 Å². The van der Waals surface area contributed by atoms with Crippen molar-refractivity contribution in [3.05, 3.63) is 48.0 Å². The zero-order chi connectivity index (χ0) is 19.1. The molecule has 6 nitrogen and oxygen atoms in total. The Balaban J connectivity index is 1.50. The minimum atomic E-state index is -0.358. The molecule has 7 heteroatoms. The van der Waals surface area contributed by atoms with Crippen molar-refractivity contribution in [1.82, 2.24) is 0 Å². The van der Waals surface area contributed by atoms with Gasteiger partial charge in [-0.3, -0.25) is 4.79 Å². The van der Waals surface area contributed by atoms with Crippen LogP contribution in [0.1, 0.15) is 23.7 Å². The fraction of sp³-hybridized carbons (Fsp3) is 0.300. The van der Waals surface area contributed by atoms with E-state index in [0.29, 0.717) is 36.8 Å². The predicted octanol–water partition coefficient (Wildman–Crippen LogP) is 3.76. The van der Waals surface area contributed by atoms with Gasteiger partial charge in [0.2, 0.25) is 5.91 Å². The van der Waals surface area contributed by atoms with Gasteiger partial charge >= 0.3 is 5.97 Å². The summed E-state index contributed by atoms with van der Waals surface area (Å²) in [6.45, 7) is 3.42. The topological polar surface area (TPSA) is 73.9 Å². The normalized spacial score (nSPS) is 12.3. The minimum absolute atomic E-state index is 0.129. The lowest BCUT2D eigenvalue weighted by atomic mass is 10.2. The molecule has 0 spiro atoms. The molecule has 1 aliphatic rings. The van der Waals surface area contributed by atoms with Gasteiger partial charge in [-0.25, -0.2) is 4.79 Å². The molecule has 0 bridgehead atoms. The lowest BCUT2D eigenvalue weighted by Gasteiger charge is -2.18. The van der Waals surface area contributed by atoms with Crippen LogP contribution in [0.2, 0.25) is 0 Å². The Morgan fingerprint density at radius 3 is 2.56 bits per heavy atom. The Morgan fingerprint density at radius 1 is 1.07 bits per heavy atom. The van der Waals surface area contributed by atoms with E-state index < -0.39 is 0 Å². The lowest BCUT2D eigenvalue weighted by Crippen LogP contribution is -2.15. The number of carbonyl (C=O) groups is 2. The second-order valence-corrected chi connectivity index (χ2v) is 6.90. The van der Waals surface area contributed by atoms with Crippen LogP contribution in [0.3, 0.4) is 0 Å². The number of rotatable bonds is 7. The highest BCUT2D eigenvalue weighted by molar-refractivity contribution is 8.00. The second kappa shape index (κ2) is 9.32. The van der Waals surface area contributed by atoms with Gasteiger partial charge in [-0.1, -0.05) is 6.92 Å². The Kier molecular flexibility index (Phi) is 6.59. The van der Waals surface area contributed by atoms with Crippen LogP contribution >= 0.6 is 11.8 Å². The monoisotopic (exact) mass is 387 g/mol. The molecule has 0 saturated carbocycles. The van der Waals surface area contributed by atoms with Crippen molar-refractivity contribution in [2.24, 2.45) is 0 Å². The van der Waals surface area contributed by atoms with Crippen molar-refractivity contribution < 1.29 is 23.8 Å². The highest BCUT2D eigenvalue weighted by atomic mass is 32.2. The van der Waals surface area contributed by atoms with Gasteiger partial charge in [-0.05, 0) is 48.9 Å². The van der Waals surface area contributed by atoms with Crippen LogP contribution in [-0.2, 0) is 9.53 Å². The fourth-order valence-electron chi connectivity index (χ4n) is 2.43. The summed E-state index contributed by atoms with van der Waals surface area (Å²) in [5, 5.41) is 2.82. The Labute approximate surface area is 162 Å². The van der Waals surface area contributed by atoms with Crippen LogP contribution in [-0.4, -0.2) is 37.4 Å². The number of hydrogen-bond acceptors (Lipinski definition) is 6. The average Bonchev–Trinajstić information content (AvgIpc) is 2.71. The number of amides is 1. The first-order chi connectivity index (χ1) is 13.2. The van der Waals surface area contributed by atoms with Crippen molar-refractivity contribution in [3.63, 3.8) is 0 Å². The molecule has 1 amide bonds. The molecule has 2 aromatic rings. The Morgan fingerprint density at radius 2 is 1.81 bits per heavy atom. The smallest absolute Gasteiger partial charge is 0.338 e. The van der Waals surface area contributed by atoms with E-state index in [1.807, 2.05) is 25.1 Å². The number of thioether (sulfide) groups is 1. The zero-order valence-corrected chi connectivity index (χ0v) is 15.8. The minimum Gasteiger partial charge on any atom is -0.486 e. The largest absolute Gasteiger partial charge is 0.486 e. The van der Waals surface area contributed by atoms with Crippen LogP contribution in [0.5, 0.6) is 11.5 Å². The van der Waals surface area contributed by atoms with Crippen molar-refractivity contribution in [2.75, 3.05) is 30.9 Å². The zero-order valence-electron chi connectivity index (χ0n) is 15.0. The van der Waals surface area contributed by atoms with Gasteiger partial charge in [0, 0.05) is 10.6 Å². The number of benzene rings is 2. The molecule has 2 aromatic carbocycles. The molecule has 1 aliphatic heterocycles. The van der Waals surface area contributed by atoms with Gasteiger partial charge in [0.1, 0.15) is 13.2 Å². The number of hydrogen-bond donors (Lipinski definition) is 1. The van der Waals surface area contributed by atoms with E-state index in [1.165, 1.54) is 11.8 Å². The number of ether oxygens (including phenoxy) is 3. The summed E-state index contributed by atoms with van der Waals surface area (Å²) < 4.78 is 16.1. The van der Waals surface area contributed by atoms with Gasteiger partial charge in [-0.15, -0.1) is 11.8 Å². The standard InChI is InChI=1S/C20H21NO5S/c1-2-9-26-20(23)14-3-5-15(6-4-14)21-19(22)13-27-16-7-8-17-18(12-16)25-11-10-24-17/h3-8,12H,2,9-11,13H2,1H3,(H,21,22). The first-order valence-electron chi connectivity index (χ1n) is 8.75. The number of fused-ring (bicyclic) bond motifs is 1. The maximum Gasteiger partial charge on any atom is 0.338 e. The molecule has 0 atom stereocenters. The van der Waals surface area contributed by atoms with Crippen LogP contribution in [0.15, 0.2) is 47.4 Å². The van der Waals surface area contributed by atoms with Crippen molar-refractivity contribution in [1.29, 1.82) is 0 Å². The number of carbonyl (C=O) groups excluding carboxylic acids is 2. The number of nitrogens with one attached hydrogen (secondary N) is 1. The first-order valence-corrected chi connectivity index (χ1v) is 9.74. The summed E-state index contributed by atoms with van der Waals surface area (Å²) in [5.74, 6) is 1.21. The van der Waals surface area contributed by atoms with Crippen LogP contribution in [0, 0.1) is 0 Å². The third-order valence-corrected chi connectivity index (χ3v) is 4.72. The van der Waals surface area contributed by atoms with Gasteiger partial charge in [-0.2, -0.15) is 0 Å². The summed E-state index contributed by atoms with van der Waals surface area (Å²) >= 11 is 1.42. The maximum absolute atomic E-state index is 12.2. The average molecular weight is 387 g/mol. The molecule has 1 heterocycles. The van der Waals surface area contributed by atoms with Crippen LogP contribution in [0.4, 0.5) is 5.69 Å². The molecule has 0 fully saturated rings. The fourth-order valence-corrected chi connectivity index (χ4v) is 3.15. The molecule has 0 saturated heterocycles. The quantitative estimate of drug-likeness (QED) is 0.576. The van der Waals surface area contributed by atoms with E-state index >= 15 is 0 Å². The maximum atomic E-state index is 12.2. The highest BCUT2D eigenvalue weighted by Gasteiger charge is 2.13. The molecular weight excluding hydrogens is 366 g/mol. The molecule has 1 N–H and O–H groups in total. The molecular formula is C20H21NO5S. The van der Waals surface area contributed by atoms with E-state index in [4.69, 9.17) is 14.2 Å². The third-order valence-electron chi connectivity index (χ3n) is 3.73. The summed E-state index contributed by atoms with van der Waals surface area (Å²) in [4.78, 5) is 24.9. The summed E-state index contributed by atoms with van der Waals surface area (Å²) in [6.07, 6.45) is 0.779. The van der Waals surface area contributed by atoms with Crippen molar-refractivity contribution >= 4 is 29.3 Å². The van der Waals surface area contributed by atoms with Gasteiger partial charge in [0.25, 0.3) is 0 Å². The highest BCUT2D eigenvalue weighted by Crippen LogP contribution is 2.34. The van der Waals surface area contributed by atoms with Gasteiger partial charge in [0.15, 0.2) is 11.5 Å². The Hall–Kier alpha value is -2.67. The molecule has 27 heavy (non-hydrogen) atoms. The van der Waals surface area contributed by atoms with E-state index in [9.17, 15) is 9.59 Å². The first kappa shape index (κ1) is 19.1. The number of esters is 1. The summed E-state index contributed by atoms with van der Waals surface area (Å²) in [5.41, 5.74) is 1.10. The van der Waals surface area contributed by atoms with Crippen molar-refractivity contribution in [2.45, 2.75) is 18.2 Å². The van der Waals surface area contributed by atoms with Crippen LogP contribution < -0.4 is 14.8 Å². The molecule has 0 unspecified atom stereocenters. The van der Waals surface area contributed by atoms with Crippen LogP contribution in [0.25, 0.3) is 0 Å². The lowest BCUT2D eigenvalue weighted by molar-refractivity contribution is -0.113. The molecule has 3 rings (SSSR count). The molecule has 0 aromatic heterocycles. The molecule has 0 radical (unpaired) electrons. The predicted molar refractivity (Wildman–Crippen MR) is 104 cm³/mol. The van der Waals surface area contributed by atoms with Crippen molar-refractivity contribution in [3.8, 4) is 11.5 Å². The molecule has 0 aliphatic carbocycles. The summed E-state index contributed by atoms with van der Waals surface area (Å²) in [6, 6.07) is 12.3. The SMILES string of the molecule is CCCOC(=O)c1ccc(NC(=O)CSc2ccc3c(c2)OCCO3)cc1. The Bertz CT molecular complexity index is 807. The van der Waals surface area contributed by atoms with E-state index in [-0.39, 0.29) is 17.6 Å². The summed E-state index contributed by atoms with van der Waals surface area (Å²) in [7, 11) is 0. The van der Waals surface area contributed by atoms with E-state index in [1.54, 1.807) is 24.3 Å². The number of anilines is 1. The van der Waals surface area contributed by atoms with E-state index in [2.05, 4.69) is 5.32 Å². The molecule has 142 valence electrons. The van der Waals surface area contributed by atoms with Gasteiger partial charge < -0.3 is 19.5 Å².